The minimum absolute atomic E-state index is 0.409. The quantitative estimate of drug-likeness (QED) is 0.276. The Morgan fingerprint density at radius 2 is 0.969 bits per heavy atom. The van der Waals surface area contributed by atoms with Crippen LogP contribution in [0.2, 0.25) is 0 Å². The summed E-state index contributed by atoms with van der Waals surface area (Å²) in [7, 11) is 0. The molecule has 0 aliphatic rings. The van der Waals surface area contributed by atoms with E-state index < -0.39 is 11.9 Å². The van der Waals surface area contributed by atoms with Crippen LogP contribution in [0.1, 0.15) is 37.1 Å². The number of rotatable bonds is 5. The summed E-state index contributed by atoms with van der Waals surface area (Å²) in [6, 6.07) is 21.4. The van der Waals surface area contributed by atoms with Gasteiger partial charge in [-0.1, -0.05) is 72.8 Å². The molecule has 0 aliphatic heterocycles. The number of quaternary nitrogens is 2. The van der Waals surface area contributed by atoms with Gasteiger partial charge in [0.15, 0.2) is 0 Å². The molecular formula is C24H28N2O6. The third kappa shape index (κ3) is 22.5. The molecule has 0 aliphatic carbocycles. The second-order valence-corrected chi connectivity index (χ2v) is 5.98. The van der Waals surface area contributed by atoms with Crippen LogP contribution in [0.5, 0.6) is 0 Å². The average Bonchev–Trinajstić information content (AvgIpc) is 2.81. The number of carboxylic acids is 2. The van der Waals surface area contributed by atoms with Crippen molar-refractivity contribution in [1.82, 2.24) is 0 Å². The molecule has 2 atom stereocenters. The van der Waals surface area contributed by atoms with Crippen LogP contribution < -0.4 is 21.7 Å². The van der Waals surface area contributed by atoms with Gasteiger partial charge in [0.05, 0.1) is 11.9 Å². The van der Waals surface area contributed by atoms with Crippen molar-refractivity contribution in [3.05, 3.63) is 109 Å². The van der Waals surface area contributed by atoms with Gasteiger partial charge in [-0.15, -0.1) is 0 Å². The van der Waals surface area contributed by atoms with Gasteiger partial charge in [0.1, 0.15) is 12.1 Å². The first-order chi connectivity index (χ1) is 15.2. The molecule has 2 aromatic carbocycles. The Bertz CT molecular complexity index is 755. The van der Waals surface area contributed by atoms with Crippen LogP contribution in [0.4, 0.5) is 0 Å². The van der Waals surface area contributed by atoms with Crippen molar-refractivity contribution < 1.29 is 40.6 Å². The second kappa shape index (κ2) is 23.5. The molecule has 8 nitrogen and oxygen atoms in total. The van der Waals surface area contributed by atoms with Gasteiger partial charge in [-0.25, -0.2) is 0 Å². The summed E-state index contributed by atoms with van der Waals surface area (Å²) in [5.41, 5.74) is 10.4. The van der Waals surface area contributed by atoms with Crippen molar-refractivity contribution >= 4 is 11.9 Å². The maximum atomic E-state index is 9.65. The van der Waals surface area contributed by atoms with E-state index in [4.69, 9.17) is 9.30 Å². The molecule has 0 saturated carbocycles. The van der Waals surface area contributed by atoms with Crippen LogP contribution in [0.25, 0.3) is 0 Å². The number of carboxylic acid groups (broad SMARTS) is 2. The summed E-state index contributed by atoms with van der Waals surface area (Å²) in [6.45, 7) is 13.2. The van der Waals surface area contributed by atoms with Crippen molar-refractivity contribution in [3.8, 4) is 0 Å². The number of hydrogen-bond acceptors (Lipinski definition) is 4. The summed E-state index contributed by atoms with van der Waals surface area (Å²) in [6.07, 6.45) is 3.48. The van der Waals surface area contributed by atoms with Gasteiger partial charge in [-0.2, -0.15) is 0 Å². The van der Waals surface area contributed by atoms with Crippen LogP contribution in [-0.2, 0) is 18.9 Å². The van der Waals surface area contributed by atoms with E-state index in [-0.39, 0.29) is 0 Å². The fraction of sp³-hybridized carbons (Fsp3) is 0.167. The van der Waals surface area contributed by atoms with E-state index in [1.54, 1.807) is 0 Å². The number of carbonyl (C=O) groups excluding carboxylic acids is 2. The summed E-state index contributed by atoms with van der Waals surface area (Å²) in [5, 5.41) is 19.3. The van der Waals surface area contributed by atoms with Gasteiger partial charge in [0.2, 0.25) is 0 Å². The number of benzene rings is 2. The van der Waals surface area contributed by atoms with Gasteiger partial charge in [0.25, 0.3) is 0 Å². The Kier molecular flexibility index (Phi) is 24.2. The first-order valence-corrected chi connectivity index (χ1v) is 9.17. The molecule has 0 fully saturated rings. The van der Waals surface area contributed by atoms with E-state index in [2.05, 4.69) is 62.9 Å². The second-order valence-electron chi connectivity index (χ2n) is 5.98. The molecule has 32 heavy (non-hydrogen) atoms. The molecule has 2 rings (SSSR count). The van der Waals surface area contributed by atoms with Gasteiger partial charge in [-0.05, 0) is 26.0 Å². The molecular weight excluding hydrogens is 412 g/mol. The Morgan fingerprint density at radius 3 is 1.12 bits per heavy atom. The van der Waals surface area contributed by atoms with Gasteiger partial charge < -0.3 is 31.3 Å². The molecule has 170 valence electrons. The number of carbonyl (C=O) groups is 2. The molecule has 2 aromatic rings. The van der Waals surface area contributed by atoms with Crippen molar-refractivity contribution in [2.45, 2.75) is 25.9 Å². The minimum atomic E-state index is -1.37. The molecule has 0 saturated heterocycles. The van der Waals surface area contributed by atoms with Crippen LogP contribution in [0, 0.1) is 13.3 Å². The van der Waals surface area contributed by atoms with Gasteiger partial charge >= 0.3 is 22.6 Å². The van der Waals surface area contributed by atoms with Crippen LogP contribution in [0.15, 0.2) is 85.0 Å². The van der Waals surface area contributed by atoms with Crippen LogP contribution >= 0.6 is 0 Å². The molecule has 6 N–H and O–H groups in total. The number of hydrogen-bond donors (Lipinski definition) is 2. The Balaban J connectivity index is -0.000000365. The first-order valence-electron chi connectivity index (χ1n) is 9.17. The zero-order valence-corrected chi connectivity index (χ0v) is 18.1. The predicted octanol–water partition coefficient (Wildman–Crippen LogP) is -0.497. The van der Waals surface area contributed by atoms with Gasteiger partial charge in [0, 0.05) is 11.1 Å². The topological polar surface area (TPSA) is 175 Å². The summed E-state index contributed by atoms with van der Waals surface area (Å²) < 4.78 is 15.0. The average molecular weight is 440 g/mol. The van der Waals surface area contributed by atoms with Crippen molar-refractivity contribution in [2.75, 3.05) is 0 Å². The molecule has 0 amide bonds. The van der Waals surface area contributed by atoms with E-state index in [1.807, 2.05) is 36.4 Å². The van der Waals surface area contributed by atoms with E-state index in [9.17, 15) is 19.8 Å². The number of allylic oxidation sites excluding steroid dienone is 2. The van der Waals surface area contributed by atoms with Crippen LogP contribution in [0.3, 0.4) is 0 Å². The first kappa shape index (κ1) is 32.9. The van der Waals surface area contributed by atoms with E-state index in [0.717, 1.165) is 12.2 Å². The van der Waals surface area contributed by atoms with Gasteiger partial charge in [-0.3, -0.25) is 0 Å². The maximum absolute atomic E-state index is 9.65. The number of aliphatic carboxylic acids is 2. The summed E-state index contributed by atoms with van der Waals surface area (Å²) >= 11 is 0. The summed E-state index contributed by atoms with van der Waals surface area (Å²) in [5.74, 6) is -2.74. The molecule has 0 heterocycles. The van der Waals surface area contributed by atoms with Crippen molar-refractivity contribution in [1.29, 1.82) is 0 Å². The van der Waals surface area contributed by atoms with Crippen LogP contribution in [-0.4, -0.2) is 11.9 Å². The Labute approximate surface area is 188 Å². The SMILES string of the molecule is C[C@@H]([NH3+])c1ccccc1.C[C@@H]([NH3+])c1ccccc1.O=C([O-])/C=C\C=C/C(=O)[O-].[C-]#[O+].[C-]#[O+]. The van der Waals surface area contributed by atoms with E-state index in [0.29, 0.717) is 24.2 Å². The zero-order chi connectivity index (χ0) is 25.4. The molecule has 0 bridgehead atoms. The third-order valence-corrected chi connectivity index (χ3v) is 3.31. The molecule has 8 heteroatoms. The van der Waals surface area contributed by atoms with E-state index in [1.165, 1.54) is 11.1 Å². The summed E-state index contributed by atoms with van der Waals surface area (Å²) in [4.78, 5) is 19.3. The molecule has 0 spiro atoms. The normalized spacial score (nSPS) is 10.9. The molecule has 0 unspecified atom stereocenters. The predicted molar refractivity (Wildman–Crippen MR) is 112 cm³/mol. The fourth-order valence-electron chi connectivity index (χ4n) is 1.83. The Morgan fingerprint density at radius 1 is 0.719 bits per heavy atom. The fourth-order valence-corrected chi connectivity index (χ4v) is 1.83. The van der Waals surface area contributed by atoms with E-state index >= 15 is 0 Å². The Hall–Kier alpha value is -3.74. The molecule has 0 aromatic heterocycles. The standard InChI is InChI=1S/2C8H11N.C6H6O4.2CO/c2*1-7(9)8-5-3-2-4-6-8;7-5(8)3-1-2-4-6(9)10;2*1-2/h2*2-7H,9H2,1H3;1-4H,(H,7,8)(H,9,10);;/b;;3-1-,4-2-;;/t2*7-;;;/m11.../s1. The molecule has 0 radical (unpaired) electrons. The third-order valence-electron chi connectivity index (χ3n) is 3.31. The van der Waals surface area contributed by atoms with Crippen molar-refractivity contribution in [3.63, 3.8) is 0 Å². The monoisotopic (exact) mass is 440 g/mol. The zero-order valence-electron chi connectivity index (χ0n) is 18.1. The van der Waals surface area contributed by atoms with Crippen molar-refractivity contribution in [2.24, 2.45) is 0 Å².